The van der Waals surface area contributed by atoms with Crippen molar-refractivity contribution in [3.05, 3.63) is 70.2 Å². The van der Waals surface area contributed by atoms with Gasteiger partial charge in [-0.15, -0.1) is 0 Å². The second kappa shape index (κ2) is 8.89. The summed E-state index contributed by atoms with van der Waals surface area (Å²) in [5.41, 5.74) is 0.982. The van der Waals surface area contributed by atoms with E-state index in [-0.39, 0.29) is 13.2 Å². The maximum Gasteiger partial charge on any atom is 0.215 e. The third-order valence-corrected chi connectivity index (χ3v) is 4.00. The van der Waals surface area contributed by atoms with Crippen molar-refractivity contribution in [2.24, 2.45) is 0 Å². The predicted octanol–water partition coefficient (Wildman–Crippen LogP) is 3.62. The van der Waals surface area contributed by atoms with Crippen molar-refractivity contribution in [2.45, 2.75) is 13.2 Å². The molecule has 0 fully saturated rings. The summed E-state index contributed by atoms with van der Waals surface area (Å²) < 4.78 is 7.72. The number of aliphatic hydroxyl groups is 1. The van der Waals surface area contributed by atoms with Crippen molar-refractivity contribution in [1.82, 2.24) is 14.5 Å². The van der Waals surface area contributed by atoms with E-state index in [9.17, 15) is 0 Å². The highest BCUT2D eigenvalue weighted by atomic mass is 35.5. The number of aliphatic hydroxyl groups excluding tert-OH is 1. The molecule has 3 aromatic rings. The Bertz CT molecular complexity index is 850. The second-order valence-electron chi connectivity index (χ2n) is 5.55. The van der Waals surface area contributed by atoms with Crippen LogP contribution in [-0.2, 0) is 13.2 Å². The molecule has 0 saturated carbocycles. The van der Waals surface area contributed by atoms with Gasteiger partial charge in [-0.05, 0) is 29.8 Å². The van der Waals surface area contributed by atoms with Gasteiger partial charge in [-0.2, -0.15) is 4.98 Å². The topological polar surface area (TPSA) is 72.2 Å². The van der Waals surface area contributed by atoms with E-state index in [1.54, 1.807) is 18.3 Å². The van der Waals surface area contributed by atoms with Crippen LogP contribution < -0.4 is 10.1 Å². The summed E-state index contributed by atoms with van der Waals surface area (Å²) in [7, 11) is 0. The van der Waals surface area contributed by atoms with Crippen LogP contribution in [0.4, 0.5) is 5.82 Å². The van der Waals surface area contributed by atoms with Gasteiger partial charge in [-0.1, -0.05) is 29.3 Å². The minimum Gasteiger partial charge on any atom is -0.469 e. The van der Waals surface area contributed by atoms with Crippen molar-refractivity contribution in [1.29, 1.82) is 0 Å². The Hall–Kier alpha value is -2.28. The first kappa shape index (κ1) is 18.5. The lowest BCUT2D eigenvalue weighted by Crippen LogP contribution is -2.09. The van der Waals surface area contributed by atoms with Gasteiger partial charge in [0.2, 0.25) is 5.88 Å². The molecule has 0 bridgehead atoms. The van der Waals surface area contributed by atoms with Crippen LogP contribution in [0.5, 0.6) is 5.88 Å². The quantitative estimate of drug-likeness (QED) is 0.612. The van der Waals surface area contributed by atoms with Gasteiger partial charge in [-0.25, -0.2) is 4.98 Å². The molecule has 0 aliphatic rings. The number of halogens is 2. The number of ether oxygens (including phenoxy) is 1. The molecular weight excluding hydrogens is 375 g/mol. The first-order valence-corrected chi connectivity index (χ1v) is 8.79. The third-order valence-electron chi connectivity index (χ3n) is 3.57. The summed E-state index contributed by atoms with van der Waals surface area (Å²) in [5.74, 6) is 1.89. The summed E-state index contributed by atoms with van der Waals surface area (Å²) in [6.45, 7) is 1.34. The first-order valence-electron chi connectivity index (χ1n) is 8.03. The van der Waals surface area contributed by atoms with E-state index < -0.39 is 0 Å². The lowest BCUT2D eigenvalue weighted by atomic mass is 10.2. The SMILES string of the molecule is OCCNc1cccc(OCc2nccn2Cc2cc(Cl)cc(Cl)c2)n1. The number of nitrogens with zero attached hydrogens (tertiary/aromatic N) is 3. The van der Waals surface area contributed by atoms with Crippen LogP contribution >= 0.6 is 23.2 Å². The summed E-state index contributed by atoms with van der Waals surface area (Å²) in [4.78, 5) is 8.67. The number of benzene rings is 1. The third kappa shape index (κ3) is 5.11. The maximum atomic E-state index is 8.86. The zero-order valence-corrected chi connectivity index (χ0v) is 15.4. The minimum absolute atomic E-state index is 0.0394. The molecule has 2 heterocycles. The molecule has 3 rings (SSSR count). The number of hydrogen-bond donors (Lipinski definition) is 2. The highest BCUT2D eigenvalue weighted by Gasteiger charge is 2.07. The Labute approximate surface area is 161 Å². The van der Waals surface area contributed by atoms with Crippen molar-refractivity contribution in [3.63, 3.8) is 0 Å². The number of anilines is 1. The largest absolute Gasteiger partial charge is 0.469 e. The van der Waals surface area contributed by atoms with Crippen molar-refractivity contribution in [2.75, 3.05) is 18.5 Å². The fourth-order valence-corrected chi connectivity index (χ4v) is 3.01. The molecule has 6 nitrogen and oxygen atoms in total. The van der Waals surface area contributed by atoms with E-state index in [1.807, 2.05) is 35.0 Å². The molecular formula is C18H18Cl2N4O2. The second-order valence-corrected chi connectivity index (χ2v) is 6.42. The first-order chi connectivity index (χ1) is 12.6. The molecule has 0 radical (unpaired) electrons. The number of aromatic nitrogens is 3. The van der Waals surface area contributed by atoms with Gasteiger partial charge in [-0.3, -0.25) is 0 Å². The number of rotatable bonds is 8. The molecule has 0 amide bonds. The molecule has 0 aliphatic heterocycles. The van der Waals surface area contributed by atoms with Crippen LogP contribution in [0.3, 0.4) is 0 Å². The van der Waals surface area contributed by atoms with Crippen LogP contribution in [0.25, 0.3) is 0 Å². The zero-order chi connectivity index (χ0) is 18.4. The number of pyridine rings is 1. The molecule has 0 unspecified atom stereocenters. The summed E-state index contributed by atoms with van der Waals surface area (Å²) in [5, 5.41) is 13.1. The Balaban J connectivity index is 1.66. The van der Waals surface area contributed by atoms with E-state index in [1.165, 1.54) is 0 Å². The van der Waals surface area contributed by atoms with E-state index in [4.69, 9.17) is 33.0 Å². The number of hydrogen-bond acceptors (Lipinski definition) is 5. The average Bonchev–Trinajstić information content (AvgIpc) is 3.04. The number of imidazole rings is 1. The normalized spacial score (nSPS) is 10.7. The smallest absolute Gasteiger partial charge is 0.215 e. The molecule has 1 aromatic carbocycles. The van der Waals surface area contributed by atoms with Gasteiger partial charge in [0.05, 0.1) is 6.61 Å². The van der Waals surface area contributed by atoms with Crippen LogP contribution in [0.2, 0.25) is 10.0 Å². The van der Waals surface area contributed by atoms with Crippen LogP contribution in [-0.4, -0.2) is 32.8 Å². The average molecular weight is 393 g/mol. The lowest BCUT2D eigenvalue weighted by molar-refractivity contribution is 0.279. The zero-order valence-electron chi connectivity index (χ0n) is 13.9. The molecule has 0 atom stereocenters. The van der Waals surface area contributed by atoms with E-state index in [0.29, 0.717) is 34.8 Å². The standard InChI is InChI=1S/C18H18Cl2N4O2/c19-14-8-13(9-15(20)10-14)11-24-6-4-22-17(24)12-26-18-3-1-2-16(23-18)21-5-7-25/h1-4,6,8-10,25H,5,7,11-12H2,(H,21,23). The molecule has 26 heavy (non-hydrogen) atoms. The predicted molar refractivity (Wildman–Crippen MR) is 102 cm³/mol. The molecule has 2 N–H and O–H groups in total. The van der Waals surface area contributed by atoms with Gasteiger partial charge < -0.3 is 19.7 Å². The number of nitrogens with one attached hydrogen (secondary N) is 1. The molecule has 0 aliphatic carbocycles. The van der Waals surface area contributed by atoms with Crippen molar-refractivity contribution < 1.29 is 9.84 Å². The Morgan fingerprint density at radius 2 is 1.96 bits per heavy atom. The summed E-state index contributed by atoms with van der Waals surface area (Å²) in [6, 6.07) is 10.9. The fourth-order valence-electron chi connectivity index (χ4n) is 2.44. The monoisotopic (exact) mass is 392 g/mol. The van der Waals surface area contributed by atoms with Gasteiger partial charge >= 0.3 is 0 Å². The van der Waals surface area contributed by atoms with E-state index >= 15 is 0 Å². The van der Waals surface area contributed by atoms with Crippen LogP contribution in [0.1, 0.15) is 11.4 Å². The van der Waals surface area contributed by atoms with Crippen molar-refractivity contribution >= 4 is 29.0 Å². The molecule has 136 valence electrons. The van der Waals surface area contributed by atoms with E-state index in [0.717, 1.165) is 11.4 Å². The fraction of sp³-hybridized carbons (Fsp3) is 0.222. The van der Waals surface area contributed by atoms with Gasteiger partial charge in [0, 0.05) is 41.6 Å². The van der Waals surface area contributed by atoms with Crippen LogP contribution in [0.15, 0.2) is 48.8 Å². The summed E-state index contributed by atoms with van der Waals surface area (Å²) >= 11 is 12.1. The Kier molecular flexibility index (Phi) is 6.33. The molecule has 0 spiro atoms. The Morgan fingerprint density at radius 1 is 1.15 bits per heavy atom. The highest BCUT2D eigenvalue weighted by Crippen LogP contribution is 2.20. The minimum atomic E-state index is 0.0394. The molecule has 0 saturated heterocycles. The van der Waals surface area contributed by atoms with Gasteiger partial charge in [0.15, 0.2) is 0 Å². The van der Waals surface area contributed by atoms with Gasteiger partial charge in [0.1, 0.15) is 18.2 Å². The Morgan fingerprint density at radius 3 is 2.73 bits per heavy atom. The lowest BCUT2D eigenvalue weighted by Gasteiger charge is -2.11. The maximum absolute atomic E-state index is 8.86. The molecule has 8 heteroatoms. The van der Waals surface area contributed by atoms with Crippen LogP contribution in [0, 0.1) is 0 Å². The summed E-state index contributed by atoms with van der Waals surface area (Å²) in [6.07, 6.45) is 3.59. The van der Waals surface area contributed by atoms with Gasteiger partial charge in [0.25, 0.3) is 0 Å². The van der Waals surface area contributed by atoms with Crippen molar-refractivity contribution in [3.8, 4) is 5.88 Å². The van der Waals surface area contributed by atoms with E-state index in [2.05, 4.69) is 15.3 Å². The highest BCUT2D eigenvalue weighted by molar-refractivity contribution is 6.34. The molecule has 2 aromatic heterocycles.